The lowest BCUT2D eigenvalue weighted by atomic mass is 9.98. The predicted molar refractivity (Wildman–Crippen MR) is 116 cm³/mol. The van der Waals surface area contributed by atoms with Gasteiger partial charge >= 0.3 is 0 Å². The molecule has 6 heteroatoms. The maximum absolute atomic E-state index is 5.04. The average molecular weight is 460 g/mol. The van der Waals surface area contributed by atoms with Crippen LogP contribution in [0, 0.1) is 5.92 Å². The minimum atomic E-state index is 0. The molecule has 1 fully saturated rings. The second kappa shape index (κ2) is 12.5. The van der Waals surface area contributed by atoms with Crippen LogP contribution in [0.3, 0.4) is 0 Å². The fourth-order valence-corrected chi connectivity index (χ4v) is 2.99. The van der Waals surface area contributed by atoms with Gasteiger partial charge in [0, 0.05) is 33.8 Å². The Hall–Kier alpha value is -0.860. The van der Waals surface area contributed by atoms with Crippen molar-refractivity contribution in [1.29, 1.82) is 0 Å². The van der Waals surface area contributed by atoms with Crippen molar-refractivity contribution in [2.75, 3.05) is 40.4 Å². The average Bonchev–Trinajstić information content (AvgIpc) is 2.60. The number of benzene rings is 1. The number of hydrogen-bond acceptors (Lipinski definition) is 3. The van der Waals surface area contributed by atoms with Gasteiger partial charge in [0.05, 0.1) is 6.61 Å². The fraction of sp³-hybridized carbons (Fsp3) is 0.632. The second-order valence-corrected chi connectivity index (χ2v) is 6.62. The highest BCUT2D eigenvalue weighted by molar-refractivity contribution is 14.0. The third-order valence-corrected chi connectivity index (χ3v) is 4.56. The maximum atomic E-state index is 5.04. The van der Waals surface area contributed by atoms with Crippen molar-refractivity contribution in [3.8, 4) is 0 Å². The molecule has 142 valence electrons. The van der Waals surface area contributed by atoms with Gasteiger partial charge in [-0.2, -0.15) is 0 Å². The van der Waals surface area contributed by atoms with Crippen LogP contribution in [0.1, 0.15) is 30.9 Å². The summed E-state index contributed by atoms with van der Waals surface area (Å²) in [5.74, 6) is 1.69. The molecule has 0 saturated carbocycles. The molecule has 0 bridgehead atoms. The molecule has 0 aliphatic carbocycles. The Balaban J connectivity index is 0.00000312. The highest BCUT2D eigenvalue weighted by atomic mass is 127. The van der Waals surface area contributed by atoms with Gasteiger partial charge < -0.3 is 15.4 Å². The lowest BCUT2D eigenvalue weighted by Gasteiger charge is -2.30. The normalized spacial score (nSPS) is 16.4. The Bertz CT molecular complexity index is 516. The van der Waals surface area contributed by atoms with E-state index in [4.69, 9.17) is 4.74 Å². The molecule has 0 unspecified atom stereocenters. The van der Waals surface area contributed by atoms with E-state index in [1.165, 1.54) is 37.1 Å². The van der Waals surface area contributed by atoms with Crippen LogP contribution in [-0.2, 0) is 17.8 Å². The predicted octanol–water partition coefficient (Wildman–Crippen LogP) is 2.85. The Morgan fingerprint density at radius 2 is 1.96 bits per heavy atom. The number of piperidine rings is 1. The van der Waals surface area contributed by atoms with Crippen LogP contribution in [0.5, 0.6) is 0 Å². The van der Waals surface area contributed by atoms with Crippen molar-refractivity contribution in [2.45, 2.75) is 32.9 Å². The minimum absolute atomic E-state index is 0. The van der Waals surface area contributed by atoms with Crippen molar-refractivity contribution < 1.29 is 4.74 Å². The quantitative estimate of drug-likeness (QED) is 0.285. The van der Waals surface area contributed by atoms with Crippen molar-refractivity contribution >= 4 is 29.9 Å². The molecule has 1 heterocycles. The van der Waals surface area contributed by atoms with E-state index < -0.39 is 0 Å². The van der Waals surface area contributed by atoms with Crippen molar-refractivity contribution in [1.82, 2.24) is 15.5 Å². The summed E-state index contributed by atoms with van der Waals surface area (Å²) in [5.41, 5.74) is 2.68. The molecule has 25 heavy (non-hydrogen) atoms. The summed E-state index contributed by atoms with van der Waals surface area (Å²) in [6, 6.07) is 8.85. The summed E-state index contributed by atoms with van der Waals surface area (Å²) < 4.78 is 5.04. The van der Waals surface area contributed by atoms with Gasteiger partial charge in [-0.1, -0.05) is 31.2 Å². The molecule has 5 nitrogen and oxygen atoms in total. The molecule has 1 saturated heterocycles. The number of aliphatic imine (C=N–C) groups is 1. The molecule has 0 aromatic heterocycles. The zero-order valence-corrected chi connectivity index (χ0v) is 18.1. The lowest BCUT2D eigenvalue weighted by Crippen LogP contribution is -2.38. The molecular formula is C19H33IN4O. The van der Waals surface area contributed by atoms with Crippen LogP contribution < -0.4 is 10.6 Å². The molecular weight excluding hydrogens is 427 g/mol. The number of methoxy groups -OCH3 is 1. The standard InChI is InChI=1S/C19H32N4O.HI/c1-16-7-10-23(11-8-16)15-18-6-4-5-17(13-18)14-22-19(20-2)21-9-12-24-3;/h4-6,13,16H,7-12,14-15H2,1-3H3,(H2,20,21,22);1H. The first-order valence-electron chi connectivity index (χ1n) is 8.95. The van der Waals surface area contributed by atoms with Crippen LogP contribution in [0.2, 0.25) is 0 Å². The largest absolute Gasteiger partial charge is 0.383 e. The van der Waals surface area contributed by atoms with E-state index >= 15 is 0 Å². The molecule has 1 aromatic rings. The topological polar surface area (TPSA) is 48.9 Å². The Morgan fingerprint density at radius 3 is 2.64 bits per heavy atom. The molecule has 2 rings (SSSR count). The molecule has 0 amide bonds. The van der Waals surface area contributed by atoms with Crippen LogP contribution in [0.25, 0.3) is 0 Å². The number of hydrogen-bond donors (Lipinski definition) is 2. The van der Waals surface area contributed by atoms with Crippen molar-refractivity contribution in [3.63, 3.8) is 0 Å². The van der Waals surface area contributed by atoms with Crippen molar-refractivity contribution in [2.24, 2.45) is 10.9 Å². The van der Waals surface area contributed by atoms with Gasteiger partial charge in [-0.15, -0.1) is 24.0 Å². The van der Waals surface area contributed by atoms with Gasteiger partial charge in [-0.05, 0) is 43.0 Å². The van der Waals surface area contributed by atoms with Crippen LogP contribution in [0.15, 0.2) is 29.3 Å². The molecule has 0 spiro atoms. The fourth-order valence-electron chi connectivity index (χ4n) is 2.99. The Kier molecular flexibility index (Phi) is 11.1. The summed E-state index contributed by atoms with van der Waals surface area (Å²) in [7, 11) is 3.49. The van der Waals surface area contributed by atoms with E-state index in [1.54, 1.807) is 14.2 Å². The number of nitrogens with zero attached hydrogens (tertiary/aromatic N) is 2. The molecule has 0 radical (unpaired) electrons. The van der Waals surface area contributed by atoms with E-state index in [0.29, 0.717) is 6.61 Å². The number of halogens is 1. The summed E-state index contributed by atoms with van der Waals surface area (Å²) >= 11 is 0. The first-order chi connectivity index (χ1) is 11.7. The van der Waals surface area contributed by atoms with E-state index in [0.717, 1.165) is 31.5 Å². The number of ether oxygens (including phenoxy) is 1. The monoisotopic (exact) mass is 460 g/mol. The Labute approximate surface area is 169 Å². The van der Waals surface area contributed by atoms with Crippen molar-refractivity contribution in [3.05, 3.63) is 35.4 Å². The summed E-state index contributed by atoms with van der Waals surface area (Å²) in [5, 5.41) is 6.58. The SMILES string of the molecule is CN=C(NCCOC)NCc1cccc(CN2CCC(C)CC2)c1.I. The molecule has 1 aliphatic rings. The number of nitrogens with one attached hydrogen (secondary N) is 2. The maximum Gasteiger partial charge on any atom is 0.191 e. The van der Waals surface area contributed by atoms with Gasteiger partial charge in [0.2, 0.25) is 0 Å². The molecule has 0 atom stereocenters. The number of likely N-dealkylation sites (tertiary alicyclic amines) is 1. The van der Waals surface area contributed by atoms with E-state index in [9.17, 15) is 0 Å². The van der Waals surface area contributed by atoms with Crippen LogP contribution >= 0.6 is 24.0 Å². The zero-order valence-electron chi connectivity index (χ0n) is 15.8. The molecule has 1 aliphatic heterocycles. The molecule has 2 N–H and O–H groups in total. The zero-order chi connectivity index (χ0) is 17.2. The Morgan fingerprint density at radius 1 is 1.24 bits per heavy atom. The third-order valence-electron chi connectivity index (χ3n) is 4.56. The minimum Gasteiger partial charge on any atom is -0.383 e. The summed E-state index contributed by atoms with van der Waals surface area (Å²) in [6.45, 7) is 8.06. The highest BCUT2D eigenvalue weighted by Gasteiger charge is 2.15. The highest BCUT2D eigenvalue weighted by Crippen LogP contribution is 2.18. The van der Waals surface area contributed by atoms with E-state index in [-0.39, 0.29) is 24.0 Å². The number of rotatable bonds is 7. The molecule has 1 aromatic carbocycles. The van der Waals surface area contributed by atoms with Gasteiger partial charge in [0.25, 0.3) is 0 Å². The van der Waals surface area contributed by atoms with Crippen LogP contribution in [0.4, 0.5) is 0 Å². The summed E-state index contributed by atoms with van der Waals surface area (Å²) in [6.07, 6.45) is 2.65. The van der Waals surface area contributed by atoms with Gasteiger partial charge in [-0.25, -0.2) is 0 Å². The van der Waals surface area contributed by atoms with E-state index in [1.807, 2.05) is 0 Å². The summed E-state index contributed by atoms with van der Waals surface area (Å²) in [4.78, 5) is 6.80. The van der Waals surface area contributed by atoms with E-state index in [2.05, 4.69) is 51.7 Å². The van der Waals surface area contributed by atoms with Gasteiger partial charge in [0.1, 0.15) is 0 Å². The first-order valence-corrected chi connectivity index (χ1v) is 8.95. The van der Waals surface area contributed by atoms with Gasteiger partial charge in [-0.3, -0.25) is 9.89 Å². The smallest absolute Gasteiger partial charge is 0.191 e. The lowest BCUT2D eigenvalue weighted by molar-refractivity contribution is 0.185. The second-order valence-electron chi connectivity index (χ2n) is 6.62. The number of guanidine groups is 1. The first kappa shape index (κ1) is 22.2. The van der Waals surface area contributed by atoms with Gasteiger partial charge in [0.15, 0.2) is 5.96 Å². The third kappa shape index (κ3) is 8.37. The van der Waals surface area contributed by atoms with Crippen LogP contribution in [-0.4, -0.2) is 51.3 Å².